The summed E-state index contributed by atoms with van der Waals surface area (Å²) in [5.41, 5.74) is 0.961. The van der Waals surface area contributed by atoms with Crippen molar-refractivity contribution in [3.05, 3.63) is 24.3 Å². The molecule has 0 N–H and O–H groups in total. The van der Waals surface area contributed by atoms with Crippen LogP contribution in [0.3, 0.4) is 0 Å². The van der Waals surface area contributed by atoms with Gasteiger partial charge in [0.15, 0.2) is 0 Å². The Balaban J connectivity index is 1.58. The standard InChI is InChI=1S/C15H24N4O/c1-2-18-7-3-13(4-8-18)19-9-10-20-15(12-19)14-11-16-5-6-17-14/h5-6,11,13,15H,2-4,7-10,12H2,1H3/t15-/m0/s1. The Morgan fingerprint density at radius 3 is 2.80 bits per heavy atom. The molecule has 0 aliphatic carbocycles. The van der Waals surface area contributed by atoms with Crippen molar-refractivity contribution in [3.8, 4) is 0 Å². The summed E-state index contributed by atoms with van der Waals surface area (Å²) >= 11 is 0. The van der Waals surface area contributed by atoms with Gasteiger partial charge < -0.3 is 9.64 Å². The number of likely N-dealkylation sites (tertiary alicyclic amines) is 1. The van der Waals surface area contributed by atoms with Crippen LogP contribution in [0.4, 0.5) is 0 Å². The van der Waals surface area contributed by atoms with Gasteiger partial charge in [0, 0.05) is 31.5 Å². The maximum Gasteiger partial charge on any atom is 0.114 e. The second-order valence-electron chi connectivity index (χ2n) is 5.65. The van der Waals surface area contributed by atoms with Gasteiger partial charge in [-0.2, -0.15) is 0 Å². The van der Waals surface area contributed by atoms with E-state index in [0.717, 1.165) is 25.4 Å². The molecule has 3 heterocycles. The largest absolute Gasteiger partial charge is 0.369 e. The minimum Gasteiger partial charge on any atom is -0.369 e. The summed E-state index contributed by atoms with van der Waals surface area (Å²) in [7, 11) is 0. The molecule has 0 saturated carbocycles. The Morgan fingerprint density at radius 2 is 2.10 bits per heavy atom. The lowest BCUT2D eigenvalue weighted by Crippen LogP contribution is -2.49. The third-order valence-electron chi connectivity index (χ3n) is 4.53. The van der Waals surface area contributed by atoms with E-state index in [1.54, 1.807) is 12.4 Å². The number of rotatable bonds is 3. The normalized spacial score (nSPS) is 26.8. The summed E-state index contributed by atoms with van der Waals surface area (Å²) in [5, 5.41) is 0. The van der Waals surface area contributed by atoms with E-state index < -0.39 is 0 Å². The van der Waals surface area contributed by atoms with E-state index in [-0.39, 0.29) is 6.10 Å². The molecule has 1 atom stereocenters. The molecule has 2 fully saturated rings. The average Bonchev–Trinajstić information content (AvgIpc) is 2.56. The minimum absolute atomic E-state index is 0.0849. The Morgan fingerprint density at radius 1 is 1.25 bits per heavy atom. The quantitative estimate of drug-likeness (QED) is 0.833. The number of ether oxygens (including phenoxy) is 1. The monoisotopic (exact) mass is 276 g/mol. The van der Waals surface area contributed by atoms with Gasteiger partial charge in [-0.05, 0) is 32.5 Å². The second-order valence-corrected chi connectivity index (χ2v) is 5.65. The van der Waals surface area contributed by atoms with Gasteiger partial charge in [-0.1, -0.05) is 6.92 Å². The van der Waals surface area contributed by atoms with Gasteiger partial charge in [0.25, 0.3) is 0 Å². The summed E-state index contributed by atoms with van der Waals surface area (Å²) in [6.07, 6.45) is 7.93. The molecular formula is C15H24N4O. The van der Waals surface area contributed by atoms with Gasteiger partial charge in [-0.15, -0.1) is 0 Å². The van der Waals surface area contributed by atoms with Crippen molar-refractivity contribution in [2.75, 3.05) is 39.3 Å². The number of morpholine rings is 1. The van der Waals surface area contributed by atoms with Crippen LogP contribution in [0.15, 0.2) is 18.6 Å². The van der Waals surface area contributed by atoms with E-state index in [0.29, 0.717) is 6.04 Å². The molecule has 5 nitrogen and oxygen atoms in total. The molecule has 2 aliphatic rings. The Labute approximate surface area is 121 Å². The van der Waals surface area contributed by atoms with Gasteiger partial charge in [-0.25, -0.2) is 0 Å². The van der Waals surface area contributed by atoms with Crippen LogP contribution in [0.25, 0.3) is 0 Å². The number of piperidine rings is 1. The van der Waals surface area contributed by atoms with Crippen LogP contribution < -0.4 is 0 Å². The highest BCUT2D eigenvalue weighted by atomic mass is 16.5. The summed E-state index contributed by atoms with van der Waals surface area (Å²) in [6.45, 7) is 8.69. The topological polar surface area (TPSA) is 41.5 Å². The van der Waals surface area contributed by atoms with Crippen LogP contribution in [0, 0.1) is 0 Å². The zero-order chi connectivity index (χ0) is 13.8. The summed E-state index contributed by atoms with van der Waals surface area (Å²) < 4.78 is 5.87. The van der Waals surface area contributed by atoms with Gasteiger partial charge in [0.2, 0.25) is 0 Å². The summed E-state index contributed by atoms with van der Waals surface area (Å²) in [5.74, 6) is 0. The molecule has 0 spiro atoms. The first-order valence-electron chi connectivity index (χ1n) is 7.70. The fraction of sp³-hybridized carbons (Fsp3) is 0.733. The van der Waals surface area contributed by atoms with Gasteiger partial charge in [0.1, 0.15) is 6.10 Å². The van der Waals surface area contributed by atoms with Gasteiger partial charge >= 0.3 is 0 Å². The molecule has 110 valence electrons. The fourth-order valence-electron chi connectivity index (χ4n) is 3.26. The van der Waals surface area contributed by atoms with E-state index in [1.807, 2.05) is 6.20 Å². The first-order valence-corrected chi connectivity index (χ1v) is 7.70. The van der Waals surface area contributed by atoms with E-state index >= 15 is 0 Å². The first kappa shape index (κ1) is 13.9. The van der Waals surface area contributed by atoms with Crippen molar-refractivity contribution in [1.82, 2.24) is 19.8 Å². The lowest BCUT2D eigenvalue weighted by atomic mass is 10.0. The molecule has 5 heteroatoms. The summed E-state index contributed by atoms with van der Waals surface area (Å²) in [4.78, 5) is 13.7. The van der Waals surface area contributed by atoms with Crippen LogP contribution in [0.1, 0.15) is 31.6 Å². The lowest BCUT2D eigenvalue weighted by molar-refractivity contribution is -0.0551. The molecule has 0 unspecified atom stereocenters. The van der Waals surface area contributed by atoms with Crippen molar-refractivity contribution in [3.63, 3.8) is 0 Å². The van der Waals surface area contributed by atoms with Gasteiger partial charge in [-0.3, -0.25) is 14.9 Å². The number of hydrogen-bond acceptors (Lipinski definition) is 5. The minimum atomic E-state index is 0.0849. The highest BCUT2D eigenvalue weighted by Crippen LogP contribution is 2.24. The average molecular weight is 276 g/mol. The predicted octanol–water partition coefficient (Wildman–Crippen LogP) is 1.33. The highest BCUT2D eigenvalue weighted by molar-refractivity contribution is 5.02. The molecule has 2 aliphatic heterocycles. The molecule has 1 aromatic rings. The third kappa shape index (κ3) is 3.16. The second kappa shape index (κ2) is 6.61. The zero-order valence-electron chi connectivity index (χ0n) is 12.2. The van der Waals surface area contributed by atoms with Crippen LogP contribution in [-0.4, -0.2) is 65.1 Å². The van der Waals surface area contributed by atoms with Crippen molar-refractivity contribution in [2.45, 2.75) is 31.9 Å². The molecule has 0 amide bonds. The van der Waals surface area contributed by atoms with Crippen LogP contribution >= 0.6 is 0 Å². The van der Waals surface area contributed by atoms with Crippen LogP contribution in [-0.2, 0) is 4.74 Å². The van der Waals surface area contributed by atoms with E-state index in [1.165, 1.54) is 32.5 Å². The molecular weight excluding hydrogens is 252 g/mol. The molecule has 0 radical (unpaired) electrons. The third-order valence-corrected chi connectivity index (χ3v) is 4.53. The van der Waals surface area contributed by atoms with Crippen molar-refractivity contribution in [1.29, 1.82) is 0 Å². The molecule has 0 bridgehead atoms. The molecule has 20 heavy (non-hydrogen) atoms. The van der Waals surface area contributed by atoms with Crippen LogP contribution in [0.5, 0.6) is 0 Å². The molecule has 0 aromatic carbocycles. The van der Waals surface area contributed by atoms with Crippen molar-refractivity contribution in [2.24, 2.45) is 0 Å². The Kier molecular flexibility index (Phi) is 4.60. The van der Waals surface area contributed by atoms with Crippen molar-refractivity contribution < 1.29 is 4.74 Å². The summed E-state index contributed by atoms with van der Waals surface area (Å²) in [6, 6.07) is 0.709. The zero-order valence-corrected chi connectivity index (χ0v) is 12.2. The van der Waals surface area contributed by atoms with Crippen LogP contribution in [0.2, 0.25) is 0 Å². The Hall–Kier alpha value is -1.04. The first-order chi connectivity index (χ1) is 9.86. The SMILES string of the molecule is CCN1CCC(N2CCO[C@H](c3cnccn3)C2)CC1. The molecule has 3 rings (SSSR count). The number of aromatic nitrogens is 2. The predicted molar refractivity (Wildman–Crippen MR) is 77.4 cm³/mol. The lowest BCUT2D eigenvalue weighted by Gasteiger charge is -2.41. The van der Waals surface area contributed by atoms with Gasteiger partial charge in [0.05, 0.1) is 18.5 Å². The Bertz CT molecular complexity index is 406. The highest BCUT2D eigenvalue weighted by Gasteiger charge is 2.30. The maximum atomic E-state index is 5.87. The maximum absolute atomic E-state index is 5.87. The molecule has 2 saturated heterocycles. The molecule has 1 aromatic heterocycles. The fourth-order valence-corrected chi connectivity index (χ4v) is 3.26. The smallest absolute Gasteiger partial charge is 0.114 e. The number of nitrogens with zero attached hydrogens (tertiary/aromatic N) is 4. The van der Waals surface area contributed by atoms with E-state index in [9.17, 15) is 0 Å². The van der Waals surface area contributed by atoms with E-state index in [2.05, 4.69) is 26.7 Å². The number of hydrogen-bond donors (Lipinski definition) is 0. The van der Waals surface area contributed by atoms with Crippen molar-refractivity contribution >= 4 is 0 Å². The van der Waals surface area contributed by atoms with E-state index in [4.69, 9.17) is 4.74 Å².